The molecule has 0 saturated heterocycles. The van der Waals surface area contributed by atoms with Crippen LogP contribution in [0.5, 0.6) is 0 Å². The monoisotopic (exact) mass is 313 g/mol. The van der Waals surface area contributed by atoms with E-state index in [-0.39, 0.29) is 5.69 Å². The molecule has 5 nitrogen and oxygen atoms in total. The minimum Gasteiger partial charge on any atom is -0.477 e. The van der Waals surface area contributed by atoms with Crippen LogP contribution in [-0.4, -0.2) is 34.0 Å². The van der Waals surface area contributed by atoms with Crippen LogP contribution in [0.3, 0.4) is 0 Å². The van der Waals surface area contributed by atoms with Crippen molar-refractivity contribution in [1.82, 2.24) is 9.88 Å². The van der Waals surface area contributed by atoms with Crippen LogP contribution >= 0.6 is 0 Å². The first-order valence-electron chi connectivity index (χ1n) is 7.68. The minimum atomic E-state index is -1.02. The van der Waals surface area contributed by atoms with Crippen molar-refractivity contribution in [1.29, 1.82) is 0 Å². The van der Waals surface area contributed by atoms with E-state index in [1.54, 1.807) is 12.1 Å². The van der Waals surface area contributed by atoms with Crippen molar-refractivity contribution in [2.45, 2.75) is 33.0 Å². The lowest BCUT2D eigenvalue weighted by Gasteiger charge is -2.22. The molecule has 0 radical (unpaired) electrons. The molecule has 1 aromatic heterocycles. The number of aromatic carboxylic acids is 1. The number of aromatic nitrogens is 1. The van der Waals surface area contributed by atoms with E-state index in [0.29, 0.717) is 18.4 Å². The van der Waals surface area contributed by atoms with Crippen LogP contribution in [-0.2, 0) is 13.1 Å². The molecule has 1 heterocycles. The predicted molar refractivity (Wildman–Crippen MR) is 91.6 cm³/mol. The average molecular weight is 313 g/mol. The van der Waals surface area contributed by atoms with Crippen LogP contribution in [0.4, 0.5) is 5.82 Å². The van der Waals surface area contributed by atoms with E-state index >= 15 is 0 Å². The number of nitrogens with zero attached hydrogens (tertiary/aromatic N) is 2. The lowest BCUT2D eigenvalue weighted by molar-refractivity contribution is 0.0690. The second kappa shape index (κ2) is 7.74. The fraction of sp³-hybridized carbons (Fsp3) is 0.333. The summed E-state index contributed by atoms with van der Waals surface area (Å²) in [6, 6.07) is 13.7. The number of hydrogen-bond acceptors (Lipinski definition) is 4. The highest BCUT2D eigenvalue weighted by Crippen LogP contribution is 2.14. The summed E-state index contributed by atoms with van der Waals surface area (Å²) in [6.45, 7) is 5.82. The topological polar surface area (TPSA) is 65.5 Å². The molecule has 122 valence electrons. The lowest BCUT2D eigenvalue weighted by Crippen LogP contribution is -2.26. The van der Waals surface area contributed by atoms with Crippen LogP contribution in [0, 0.1) is 0 Å². The smallest absolute Gasteiger partial charge is 0.354 e. The zero-order valence-electron chi connectivity index (χ0n) is 13.8. The van der Waals surface area contributed by atoms with E-state index in [4.69, 9.17) is 5.11 Å². The number of anilines is 1. The Labute approximate surface area is 137 Å². The third-order valence-electron chi connectivity index (χ3n) is 3.85. The van der Waals surface area contributed by atoms with Crippen molar-refractivity contribution >= 4 is 11.8 Å². The SMILES string of the molecule is CC(C)N(C)Cc1ccccc1CNc1cccc(C(=O)O)n1. The second-order valence-electron chi connectivity index (χ2n) is 5.84. The fourth-order valence-corrected chi connectivity index (χ4v) is 2.17. The Hall–Kier alpha value is -2.40. The third kappa shape index (κ3) is 4.79. The second-order valence-corrected chi connectivity index (χ2v) is 5.84. The van der Waals surface area contributed by atoms with Crippen LogP contribution in [0.25, 0.3) is 0 Å². The molecule has 0 saturated carbocycles. The summed E-state index contributed by atoms with van der Waals surface area (Å²) in [5.41, 5.74) is 2.48. The first-order chi connectivity index (χ1) is 11.0. The van der Waals surface area contributed by atoms with Gasteiger partial charge in [-0.15, -0.1) is 0 Å². The van der Waals surface area contributed by atoms with Gasteiger partial charge in [-0.1, -0.05) is 30.3 Å². The van der Waals surface area contributed by atoms with Crippen molar-refractivity contribution in [2.75, 3.05) is 12.4 Å². The van der Waals surface area contributed by atoms with E-state index in [9.17, 15) is 4.79 Å². The minimum absolute atomic E-state index is 0.0443. The molecule has 0 bridgehead atoms. The first kappa shape index (κ1) is 17.0. The molecule has 0 aliphatic heterocycles. The molecule has 2 aromatic rings. The number of nitrogens with one attached hydrogen (secondary N) is 1. The van der Waals surface area contributed by atoms with Crippen LogP contribution in [0.1, 0.15) is 35.5 Å². The van der Waals surface area contributed by atoms with Crippen molar-refractivity contribution in [3.05, 3.63) is 59.3 Å². The van der Waals surface area contributed by atoms with E-state index in [2.05, 4.69) is 48.2 Å². The summed E-state index contributed by atoms with van der Waals surface area (Å²) in [5, 5.41) is 12.2. The summed E-state index contributed by atoms with van der Waals surface area (Å²) in [6.07, 6.45) is 0. The molecule has 0 amide bonds. The Morgan fingerprint density at radius 1 is 1.17 bits per heavy atom. The van der Waals surface area contributed by atoms with Crippen LogP contribution in [0.2, 0.25) is 0 Å². The maximum atomic E-state index is 11.0. The highest BCUT2D eigenvalue weighted by atomic mass is 16.4. The largest absolute Gasteiger partial charge is 0.477 e. The molecule has 5 heteroatoms. The molecule has 0 fully saturated rings. The van der Waals surface area contributed by atoms with Gasteiger partial charge in [-0.2, -0.15) is 0 Å². The maximum Gasteiger partial charge on any atom is 0.354 e. The van der Waals surface area contributed by atoms with E-state index in [1.807, 2.05) is 12.1 Å². The van der Waals surface area contributed by atoms with Gasteiger partial charge in [0.25, 0.3) is 0 Å². The molecule has 0 spiro atoms. The first-order valence-corrected chi connectivity index (χ1v) is 7.68. The molecule has 1 aromatic carbocycles. The van der Waals surface area contributed by atoms with Gasteiger partial charge in [0.2, 0.25) is 0 Å². The third-order valence-corrected chi connectivity index (χ3v) is 3.85. The standard InChI is InChI=1S/C18H23N3O2/c1-13(2)21(3)12-15-8-5-4-7-14(15)11-19-17-10-6-9-16(20-17)18(22)23/h4-10,13H,11-12H2,1-3H3,(H,19,20)(H,22,23). The van der Waals surface area contributed by atoms with Gasteiger partial charge in [0.05, 0.1) is 0 Å². The average Bonchev–Trinajstić information content (AvgIpc) is 2.54. The van der Waals surface area contributed by atoms with Gasteiger partial charge >= 0.3 is 5.97 Å². The van der Waals surface area contributed by atoms with Crippen LogP contribution in [0.15, 0.2) is 42.5 Å². The van der Waals surface area contributed by atoms with Gasteiger partial charge in [0, 0.05) is 19.1 Å². The number of hydrogen-bond donors (Lipinski definition) is 2. The molecule has 23 heavy (non-hydrogen) atoms. The van der Waals surface area contributed by atoms with Gasteiger partial charge in [0.15, 0.2) is 5.69 Å². The highest BCUT2D eigenvalue weighted by molar-refractivity contribution is 5.85. The summed E-state index contributed by atoms with van der Waals surface area (Å²) >= 11 is 0. The van der Waals surface area contributed by atoms with E-state index in [0.717, 1.165) is 6.54 Å². The Bertz CT molecular complexity index is 671. The summed E-state index contributed by atoms with van der Waals surface area (Å²) in [7, 11) is 2.10. The van der Waals surface area contributed by atoms with Gasteiger partial charge in [-0.3, -0.25) is 4.90 Å². The summed E-state index contributed by atoms with van der Waals surface area (Å²) in [4.78, 5) is 17.3. The quantitative estimate of drug-likeness (QED) is 0.821. The van der Waals surface area contributed by atoms with Gasteiger partial charge < -0.3 is 10.4 Å². The number of benzene rings is 1. The fourth-order valence-electron chi connectivity index (χ4n) is 2.17. The van der Waals surface area contributed by atoms with Gasteiger partial charge in [0.1, 0.15) is 5.82 Å². The number of carboxylic acids is 1. The zero-order chi connectivity index (χ0) is 16.8. The van der Waals surface area contributed by atoms with Crippen molar-refractivity contribution in [3.8, 4) is 0 Å². The highest BCUT2D eigenvalue weighted by Gasteiger charge is 2.09. The number of rotatable bonds is 7. The van der Waals surface area contributed by atoms with Gasteiger partial charge in [-0.25, -0.2) is 9.78 Å². The van der Waals surface area contributed by atoms with E-state index in [1.165, 1.54) is 17.2 Å². The number of pyridine rings is 1. The van der Waals surface area contributed by atoms with Crippen molar-refractivity contribution in [2.24, 2.45) is 0 Å². The molecule has 0 aliphatic rings. The van der Waals surface area contributed by atoms with Gasteiger partial charge in [-0.05, 0) is 44.2 Å². The molecule has 2 N–H and O–H groups in total. The predicted octanol–water partition coefficient (Wildman–Crippen LogP) is 3.23. The van der Waals surface area contributed by atoms with Crippen molar-refractivity contribution < 1.29 is 9.90 Å². The summed E-state index contributed by atoms with van der Waals surface area (Å²) in [5.74, 6) is -0.454. The Morgan fingerprint density at radius 2 is 1.87 bits per heavy atom. The Morgan fingerprint density at radius 3 is 2.52 bits per heavy atom. The maximum absolute atomic E-state index is 11.0. The molecule has 2 rings (SSSR count). The van der Waals surface area contributed by atoms with Crippen molar-refractivity contribution in [3.63, 3.8) is 0 Å². The zero-order valence-corrected chi connectivity index (χ0v) is 13.8. The molecule has 0 aliphatic carbocycles. The summed E-state index contributed by atoms with van der Waals surface area (Å²) < 4.78 is 0. The molecule has 0 unspecified atom stereocenters. The molecular weight excluding hydrogens is 290 g/mol. The number of carboxylic acid groups (broad SMARTS) is 1. The molecule has 0 atom stereocenters. The van der Waals surface area contributed by atoms with Crippen LogP contribution < -0.4 is 5.32 Å². The Balaban J connectivity index is 2.09. The number of carbonyl (C=O) groups is 1. The normalized spacial score (nSPS) is 11.0. The Kier molecular flexibility index (Phi) is 5.71. The molecular formula is C18H23N3O2. The van der Waals surface area contributed by atoms with E-state index < -0.39 is 5.97 Å². The lowest BCUT2D eigenvalue weighted by atomic mass is 10.1.